The van der Waals surface area contributed by atoms with Crippen molar-refractivity contribution < 1.29 is 14.7 Å². The number of carbonyl (C=O) groups excluding carboxylic acids is 2. The van der Waals surface area contributed by atoms with Crippen molar-refractivity contribution in [1.29, 1.82) is 0 Å². The average Bonchev–Trinajstić information content (AvgIpc) is 2.26. The fourth-order valence-corrected chi connectivity index (χ4v) is 1.64. The Balaban J connectivity index is 3.68. The molecule has 0 saturated carbocycles. The monoisotopic (exact) mass is 244 g/mol. The second-order valence-electron chi connectivity index (χ2n) is 4.20. The number of hydrogen-bond donors (Lipinski definition) is 3. The molecule has 100 valence electrons. The highest BCUT2D eigenvalue weighted by Crippen LogP contribution is 2.09. The number of aliphatic hydroxyl groups is 1. The highest BCUT2D eigenvalue weighted by atomic mass is 16.3. The van der Waals surface area contributed by atoms with Crippen molar-refractivity contribution in [2.24, 2.45) is 5.92 Å². The molecule has 0 heterocycles. The summed E-state index contributed by atoms with van der Waals surface area (Å²) in [5, 5.41) is 14.3. The van der Waals surface area contributed by atoms with Crippen LogP contribution in [0.5, 0.6) is 0 Å². The van der Waals surface area contributed by atoms with Gasteiger partial charge in [0.2, 0.25) is 11.8 Å². The van der Waals surface area contributed by atoms with Crippen LogP contribution in [0.1, 0.15) is 39.5 Å². The zero-order valence-corrected chi connectivity index (χ0v) is 10.8. The Morgan fingerprint density at radius 2 is 1.94 bits per heavy atom. The molecule has 0 aliphatic carbocycles. The molecule has 0 saturated heterocycles. The van der Waals surface area contributed by atoms with Crippen LogP contribution in [-0.2, 0) is 9.59 Å². The van der Waals surface area contributed by atoms with E-state index in [1.54, 1.807) is 0 Å². The molecule has 0 aromatic rings. The van der Waals surface area contributed by atoms with E-state index >= 15 is 0 Å². The fourth-order valence-electron chi connectivity index (χ4n) is 1.64. The summed E-state index contributed by atoms with van der Waals surface area (Å²) in [5.74, 6) is 0.162. The van der Waals surface area contributed by atoms with Crippen LogP contribution in [-0.4, -0.2) is 36.6 Å². The quantitative estimate of drug-likeness (QED) is 0.550. The van der Waals surface area contributed by atoms with Gasteiger partial charge in [-0.2, -0.15) is 0 Å². The van der Waals surface area contributed by atoms with Gasteiger partial charge in [-0.3, -0.25) is 9.59 Å². The predicted octanol–water partition coefficient (Wildman–Crippen LogP) is 0.427. The van der Waals surface area contributed by atoms with E-state index in [1.807, 2.05) is 0 Å². The van der Waals surface area contributed by atoms with E-state index in [1.165, 1.54) is 6.92 Å². The highest BCUT2D eigenvalue weighted by Gasteiger charge is 2.09. The summed E-state index contributed by atoms with van der Waals surface area (Å²) in [6.07, 6.45) is 3.08. The summed E-state index contributed by atoms with van der Waals surface area (Å²) in [7, 11) is 0. The van der Waals surface area contributed by atoms with Gasteiger partial charge in [0.1, 0.15) is 0 Å². The molecule has 1 atom stereocenters. The zero-order valence-electron chi connectivity index (χ0n) is 10.8. The fraction of sp³-hybridized carbons (Fsp3) is 0.833. The van der Waals surface area contributed by atoms with Gasteiger partial charge in [-0.1, -0.05) is 13.3 Å². The van der Waals surface area contributed by atoms with Crippen LogP contribution in [0.3, 0.4) is 0 Å². The highest BCUT2D eigenvalue weighted by molar-refractivity contribution is 5.77. The standard InChI is InChI=1S/C12H24N2O3/c1-3-4-11(6-8-15)9-14-12(17)5-7-13-10(2)16/h11,15H,3-9H2,1-2H3,(H,13,16)(H,14,17). The van der Waals surface area contributed by atoms with E-state index in [0.29, 0.717) is 25.4 Å². The molecule has 0 aliphatic rings. The van der Waals surface area contributed by atoms with Gasteiger partial charge in [0.15, 0.2) is 0 Å². The molecule has 0 rings (SSSR count). The first-order chi connectivity index (χ1) is 8.10. The van der Waals surface area contributed by atoms with Crippen LogP contribution in [0.25, 0.3) is 0 Å². The van der Waals surface area contributed by atoms with Gasteiger partial charge in [-0.05, 0) is 18.8 Å². The van der Waals surface area contributed by atoms with E-state index in [0.717, 1.165) is 19.3 Å². The Labute approximate surface area is 103 Å². The molecule has 0 spiro atoms. The maximum Gasteiger partial charge on any atom is 0.221 e. The van der Waals surface area contributed by atoms with E-state index in [4.69, 9.17) is 5.11 Å². The minimum atomic E-state index is -0.123. The average molecular weight is 244 g/mol. The lowest BCUT2D eigenvalue weighted by molar-refractivity contribution is -0.121. The molecule has 0 fully saturated rings. The van der Waals surface area contributed by atoms with Gasteiger partial charge in [-0.25, -0.2) is 0 Å². The lowest BCUT2D eigenvalue weighted by atomic mass is 10.0. The zero-order chi connectivity index (χ0) is 13.1. The first-order valence-corrected chi connectivity index (χ1v) is 6.22. The number of rotatable bonds is 9. The summed E-state index contributed by atoms with van der Waals surface area (Å²) in [6, 6.07) is 0. The van der Waals surface area contributed by atoms with Gasteiger partial charge >= 0.3 is 0 Å². The maximum atomic E-state index is 11.4. The molecular formula is C12H24N2O3. The Kier molecular flexibility index (Phi) is 9.43. The Morgan fingerprint density at radius 3 is 2.47 bits per heavy atom. The minimum Gasteiger partial charge on any atom is -0.396 e. The van der Waals surface area contributed by atoms with E-state index in [-0.39, 0.29) is 18.4 Å². The molecule has 0 bridgehead atoms. The van der Waals surface area contributed by atoms with Crippen LogP contribution in [0.4, 0.5) is 0 Å². The van der Waals surface area contributed by atoms with Crippen molar-refractivity contribution in [2.45, 2.75) is 39.5 Å². The number of nitrogens with one attached hydrogen (secondary N) is 2. The van der Waals surface area contributed by atoms with E-state index < -0.39 is 0 Å². The lowest BCUT2D eigenvalue weighted by Gasteiger charge is -2.15. The normalized spacial score (nSPS) is 11.9. The summed E-state index contributed by atoms with van der Waals surface area (Å²) in [4.78, 5) is 22.0. The maximum absolute atomic E-state index is 11.4. The first-order valence-electron chi connectivity index (χ1n) is 6.22. The molecule has 17 heavy (non-hydrogen) atoms. The molecule has 0 aromatic carbocycles. The Morgan fingerprint density at radius 1 is 1.24 bits per heavy atom. The third-order valence-electron chi connectivity index (χ3n) is 2.55. The third-order valence-corrected chi connectivity index (χ3v) is 2.55. The number of carbonyl (C=O) groups is 2. The molecule has 3 N–H and O–H groups in total. The molecule has 0 aliphatic heterocycles. The minimum absolute atomic E-state index is 0.0576. The first kappa shape index (κ1) is 15.9. The number of aliphatic hydroxyl groups excluding tert-OH is 1. The Bertz CT molecular complexity index is 226. The summed E-state index contributed by atoms with van der Waals surface area (Å²) in [6.45, 7) is 4.65. The van der Waals surface area contributed by atoms with Gasteiger partial charge < -0.3 is 15.7 Å². The molecule has 0 aromatic heterocycles. The van der Waals surface area contributed by atoms with Crippen LogP contribution >= 0.6 is 0 Å². The summed E-state index contributed by atoms with van der Waals surface area (Å²) >= 11 is 0. The lowest BCUT2D eigenvalue weighted by Crippen LogP contribution is -2.32. The molecular weight excluding hydrogens is 220 g/mol. The SMILES string of the molecule is CCCC(CCO)CNC(=O)CCNC(C)=O. The van der Waals surface area contributed by atoms with Crippen molar-refractivity contribution in [2.75, 3.05) is 19.7 Å². The van der Waals surface area contributed by atoms with Crippen molar-refractivity contribution in [3.63, 3.8) is 0 Å². The van der Waals surface area contributed by atoms with E-state index in [9.17, 15) is 9.59 Å². The van der Waals surface area contributed by atoms with Crippen LogP contribution in [0.2, 0.25) is 0 Å². The van der Waals surface area contributed by atoms with Crippen LogP contribution < -0.4 is 10.6 Å². The molecule has 5 heteroatoms. The predicted molar refractivity (Wildman–Crippen MR) is 66.4 cm³/mol. The van der Waals surface area contributed by atoms with Crippen molar-refractivity contribution in [1.82, 2.24) is 10.6 Å². The Hall–Kier alpha value is -1.10. The molecule has 0 radical (unpaired) electrons. The number of amides is 2. The van der Waals surface area contributed by atoms with Crippen molar-refractivity contribution in [3.8, 4) is 0 Å². The second kappa shape index (κ2) is 10.1. The molecule has 1 unspecified atom stereocenters. The number of hydrogen-bond acceptors (Lipinski definition) is 3. The van der Waals surface area contributed by atoms with Gasteiger partial charge in [-0.15, -0.1) is 0 Å². The van der Waals surface area contributed by atoms with Gasteiger partial charge in [0.25, 0.3) is 0 Å². The van der Waals surface area contributed by atoms with E-state index in [2.05, 4.69) is 17.6 Å². The van der Waals surface area contributed by atoms with Gasteiger partial charge in [0.05, 0.1) is 0 Å². The largest absolute Gasteiger partial charge is 0.396 e. The van der Waals surface area contributed by atoms with Crippen LogP contribution in [0.15, 0.2) is 0 Å². The molecule has 5 nitrogen and oxygen atoms in total. The third kappa shape index (κ3) is 9.81. The topological polar surface area (TPSA) is 78.4 Å². The molecule has 2 amide bonds. The smallest absolute Gasteiger partial charge is 0.221 e. The second-order valence-corrected chi connectivity index (χ2v) is 4.20. The summed E-state index contributed by atoms with van der Waals surface area (Å²) in [5.41, 5.74) is 0. The van der Waals surface area contributed by atoms with Crippen LogP contribution in [0, 0.1) is 5.92 Å². The van der Waals surface area contributed by atoms with Crippen molar-refractivity contribution >= 4 is 11.8 Å². The van der Waals surface area contributed by atoms with Gasteiger partial charge in [0, 0.05) is 33.0 Å². The summed E-state index contributed by atoms with van der Waals surface area (Å²) < 4.78 is 0. The van der Waals surface area contributed by atoms with Crippen molar-refractivity contribution in [3.05, 3.63) is 0 Å².